The van der Waals surface area contributed by atoms with Crippen molar-refractivity contribution in [1.29, 1.82) is 0 Å². The van der Waals surface area contributed by atoms with Crippen molar-refractivity contribution in [2.24, 2.45) is 7.05 Å². The fourth-order valence-electron chi connectivity index (χ4n) is 3.10. The molecule has 0 aliphatic carbocycles. The van der Waals surface area contributed by atoms with Crippen molar-refractivity contribution >= 4 is 23.5 Å². The number of carbonyl (C=O) groups is 2. The molecule has 0 spiro atoms. The van der Waals surface area contributed by atoms with E-state index < -0.39 is 5.97 Å². The van der Waals surface area contributed by atoms with Gasteiger partial charge in [-0.1, -0.05) is 30.0 Å². The molecule has 0 saturated carbocycles. The molecule has 4 aromatic rings. The predicted octanol–water partition coefficient (Wildman–Crippen LogP) is 3.93. The van der Waals surface area contributed by atoms with E-state index >= 15 is 0 Å². The van der Waals surface area contributed by atoms with Gasteiger partial charge in [0.1, 0.15) is 5.82 Å². The zero-order valence-electron chi connectivity index (χ0n) is 17.1. The topological polar surface area (TPSA) is 79.0 Å². The van der Waals surface area contributed by atoms with Gasteiger partial charge in [0.25, 0.3) is 0 Å². The lowest BCUT2D eigenvalue weighted by atomic mass is 10.2. The maximum absolute atomic E-state index is 13.4. The molecule has 4 rings (SSSR count). The Bertz CT molecular complexity index is 1240. The van der Waals surface area contributed by atoms with Gasteiger partial charge in [-0.05, 0) is 48.5 Å². The smallest absolute Gasteiger partial charge is 0.316 e. The number of rotatable bonds is 8. The largest absolute Gasteiger partial charge is 0.457 e. The van der Waals surface area contributed by atoms with Crippen LogP contribution in [0.2, 0.25) is 0 Å². The van der Waals surface area contributed by atoms with Crippen LogP contribution in [0.4, 0.5) is 4.39 Å². The summed E-state index contributed by atoms with van der Waals surface area (Å²) in [5.41, 5.74) is 1.95. The Hall–Kier alpha value is -3.72. The number of aromatic nitrogens is 4. The molecule has 0 saturated heterocycles. The lowest BCUT2D eigenvalue weighted by Gasteiger charge is -2.10. The van der Waals surface area contributed by atoms with E-state index in [0.717, 1.165) is 17.4 Å². The molecule has 0 radical (unpaired) electrons. The van der Waals surface area contributed by atoms with Gasteiger partial charge in [0.05, 0.1) is 11.4 Å². The van der Waals surface area contributed by atoms with Crippen molar-refractivity contribution in [3.8, 4) is 17.1 Å². The lowest BCUT2D eigenvalue weighted by Crippen LogP contribution is -2.17. The molecular formula is C23H19FN4O3S. The second-order valence-corrected chi connectivity index (χ2v) is 7.80. The fourth-order valence-corrected chi connectivity index (χ4v) is 3.84. The average molecular weight is 450 g/mol. The normalized spacial score (nSPS) is 10.8. The van der Waals surface area contributed by atoms with Gasteiger partial charge < -0.3 is 9.30 Å². The summed E-state index contributed by atoms with van der Waals surface area (Å²) in [5.74, 6) is -0.687. The van der Waals surface area contributed by atoms with Crippen LogP contribution < -0.4 is 0 Å². The number of thioether (sulfide) groups is 1. The van der Waals surface area contributed by atoms with E-state index in [2.05, 4.69) is 10.2 Å². The third kappa shape index (κ3) is 4.78. The van der Waals surface area contributed by atoms with Crippen LogP contribution in [-0.2, 0) is 16.6 Å². The molecule has 0 fully saturated rings. The Balaban J connectivity index is 1.48. The molecule has 32 heavy (non-hydrogen) atoms. The zero-order valence-corrected chi connectivity index (χ0v) is 18.0. The first kappa shape index (κ1) is 21.5. The molecule has 0 aliphatic heterocycles. The highest BCUT2D eigenvalue weighted by atomic mass is 32.2. The number of ether oxygens (including phenoxy) is 1. The fraction of sp³-hybridized carbons (Fsp3) is 0.130. The van der Waals surface area contributed by atoms with E-state index in [-0.39, 0.29) is 24.0 Å². The summed E-state index contributed by atoms with van der Waals surface area (Å²) in [5, 5.41) is 8.94. The van der Waals surface area contributed by atoms with Crippen molar-refractivity contribution in [2.45, 2.75) is 5.16 Å². The molecule has 0 amide bonds. The van der Waals surface area contributed by atoms with Crippen molar-refractivity contribution in [3.63, 3.8) is 0 Å². The summed E-state index contributed by atoms with van der Waals surface area (Å²) >= 11 is 1.15. The molecule has 7 nitrogen and oxygen atoms in total. The monoisotopic (exact) mass is 450 g/mol. The van der Waals surface area contributed by atoms with Crippen molar-refractivity contribution < 1.29 is 18.7 Å². The molecule has 2 aromatic heterocycles. The van der Waals surface area contributed by atoms with Crippen LogP contribution in [0.3, 0.4) is 0 Å². The molecule has 162 valence electrons. The van der Waals surface area contributed by atoms with Gasteiger partial charge in [-0.15, -0.1) is 10.2 Å². The van der Waals surface area contributed by atoms with E-state index in [1.54, 1.807) is 46.6 Å². The number of carbonyl (C=O) groups excluding carboxylic acids is 2. The summed E-state index contributed by atoms with van der Waals surface area (Å²) in [4.78, 5) is 24.4. The Morgan fingerprint density at radius 2 is 1.75 bits per heavy atom. The standard InChI is InChI=1S/C23H19FN4O3S/c1-27-13-5-8-19(27)20(29)14-31-21(30)15-32-23-26-25-22(16-9-11-17(24)12-10-16)28(23)18-6-3-2-4-7-18/h2-13H,14-15H2,1H3. The number of hydrogen-bond donors (Lipinski definition) is 0. The second-order valence-electron chi connectivity index (χ2n) is 6.86. The number of benzene rings is 2. The number of esters is 1. The number of hydrogen-bond acceptors (Lipinski definition) is 6. The molecule has 9 heteroatoms. The van der Waals surface area contributed by atoms with E-state index in [4.69, 9.17) is 4.74 Å². The minimum atomic E-state index is -0.538. The van der Waals surface area contributed by atoms with Crippen LogP contribution in [-0.4, -0.2) is 43.4 Å². The van der Waals surface area contributed by atoms with Crippen molar-refractivity contribution in [1.82, 2.24) is 19.3 Å². The van der Waals surface area contributed by atoms with E-state index in [1.807, 2.05) is 30.3 Å². The highest BCUT2D eigenvalue weighted by Gasteiger charge is 2.18. The Morgan fingerprint density at radius 1 is 1.00 bits per heavy atom. The molecule has 2 heterocycles. The number of ketones is 1. The van der Waals surface area contributed by atoms with E-state index in [0.29, 0.717) is 22.2 Å². The number of para-hydroxylation sites is 1. The molecule has 2 aromatic carbocycles. The SMILES string of the molecule is Cn1cccc1C(=O)COC(=O)CSc1nnc(-c2ccc(F)cc2)n1-c1ccccc1. The number of halogens is 1. The third-order valence-corrected chi connectivity index (χ3v) is 5.57. The van der Waals surface area contributed by atoms with E-state index in [1.165, 1.54) is 12.1 Å². The molecule has 0 N–H and O–H groups in total. The highest BCUT2D eigenvalue weighted by molar-refractivity contribution is 7.99. The Morgan fingerprint density at radius 3 is 2.44 bits per heavy atom. The maximum Gasteiger partial charge on any atom is 0.316 e. The minimum absolute atomic E-state index is 0.0468. The van der Waals surface area contributed by atoms with Gasteiger partial charge in [-0.3, -0.25) is 14.2 Å². The summed E-state index contributed by atoms with van der Waals surface area (Å²) in [6.07, 6.45) is 1.75. The molecule has 0 unspecified atom stereocenters. The number of aryl methyl sites for hydroxylation is 1. The van der Waals surface area contributed by atoms with Gasteiger partial charge in [0.2, 0.25) is 5.78 Å². The first-order valence-electron chi connectivity index (χ1n) is 9.72. The van der Waals surface area contributed by atoms with Gasteiger partial charge in [-0.25, -0.2) is 4.39 Å². The van der Waals surface area contributed by atoms with Gasteiger partial charge >= 0.3 is 5.97 Å². The molecule has 0 bridgehead atoms. The first-order valence-corrected chi connectivity index (χ1v) is 10.7. The average Bonchev–Trinajstić information content (AvgIpc) is 3.43. The molecule has 0 aliphatic rings. The Kier molecular flexibility index (Phi) is 6.46. The highest BCUT2D eigenvalue weighted by Crippen LogP contribution is 2.28. The van der Waals surface area contributed by atoms with Gasteiger partial charge in [-0.2, -0.15) is 0 Å². The van der Waals surface area contributed by atoms with Crippen LogP contribution in [0.5, 0.6) is 0 Å². The predicted molar refractivity (Wildman–Crippen MR) is 118 cm³/mol. The van der Waals surface area contributed by atoms with Crippen LogP contribution in [0.15, 0.2) is 78.1 Å². The minimum Gasteiger partial charge on any atom is -0.457 e. The summed E-state index contributed by atoms with van der Waals surface area (Å²) < 4.78 is 22.0. The number of Topliss-reactive ketones (excluding diaryl/α,β-unsaturated/α-hetero) is 1. The van der Waals surface area contributed by atoms with Crippen LogP contribution >= 0.6 is 11.8 Å². The van der Waals surface area contributed by atoms with Crippen LogP contribution in [0, 0.1) is 5.82 Å². The van der Waals surface area contributed by atoms with Crippen molar-refractivity contribution in [2.75, 3.05) is 12.4 Å². The Labute approximate surface area is 187 Å². The summed E-state index contributed by atoms with van der Waals surface area (Å²) in [6, 6.07) is 18.8. The summed E-state index contributed by atoms with van der Waals surface area (Å²) in [6.45, 7) is -0.330. The summed E-state index contributed by atoms with van der Waals surface area (Å²) in [7, 11) is 1.75. The van der Waals surface area contributed by atoms with E-state index in [9.17, 15) is 14.0 Å². The van der Waals surface area contributed by atoms with Gasteiger partial charge in [0.15, 0.2) is 17.6 Å². The van der Waals surface area contributed by atoms with Crippen molar-refractivity contribution in [3.05, 3.63) is 84.4 Å². The quantitative estimate of drug-likeness (QED) is 0.230. The van der Waals surface area contributed by atoms with Crippen LogP contribution in [0.25, 0.3) is 17.1 Å². The first-order chi connectivity index (χ1) is 15.5. The second kappa shape index (κ2) is 9.61. The molecule has 0 atom stereocenters. The maximum atomic E-state index is 13.4. The third-order valence-electron chi connectivity index (χ3n) is 4.66. The lowest BCUT2D eigenvalue weighted by molar-refractivity contribution is -0.139. The van der Waals surface area contributed by atoms with Crippen LogP contribution in [0.1, 0.15) is 10.5 Å². The zero-order chi connectivity index (χ0) is 22.5. The molecular weight excluding hydrogens is 431 g/mol. The number of nitrogens with zero attached hydrogens (tertiary/aromatic N) is 4. The van der Waals surface area contributed by atoms with Gasteiger partial charge in [0, 0.05) is 24.5 Å².